The summed E-state index contributed by atoms with van der Waals surface area (Å²) in [6, 6.07) is 7.64. The van der Waals surface area contributed by atoms with E-state index in [1.54, 1.807) is 24.3 Å². The number of hydrogen-bond acceptors (Lipinski definition) is 7. The van der Waals surface area contributed by atoms with Gasteiger partial charge in [0, 0.05) is 36.9 Å². The first kappa shape index (κ1) is 17.0. The van der Waals surface area contributed by atoms with E-state index in [-0.39, 0.29) is 18.0 Å². The molecule has 0 saturated carbocycles. The number of benzene rings is 2. The third kappa shape index (κ3) is 3.19. The van der Waals surface area contributed by atoms with E-state index < -0.39 is 10.8 Å². The van der Waals surface area contributed by atoms with Crippen molar-refractivity contribution in [3.63, 3.8) is 0 Å². The Morgan fingerprint density at radius 3 is 2.56 bits per heavy atom. The molecule has 2 aromatic rings. The number of nitrogens with two attached hydrogens (primary N) is 1. The number of nitro groups is 1. The predicted octanol–water partition coefficient (Wildman–Crippen LogP) is 2.76. The molecule has 9 heteroatoms. The van der Waals surface area contributed by atoms with Gasteiger partial charge in [-0.05, 0) is 25.0 Å². The molecule has 1 saturated heterocycles. The number of hydrogen-bond donors (Lipinski definition) is 2. The molecule has 0 radical (unpaired) electrons. The van der Waals surface area contributed by atoms with Gasteiger partial charge in [-0.15, -0.1) is 0 Å². The number of rotatable bonds is 4. The molecule has 4 rings (SSSR count). The third-order valence-corrected chi connectivity index (χ3v) is 4.67. The van der Waals surface area contributed by atoms with E-state index in [9.17, 15) is 14.9 Å². The van der Waals surface area contributed by atoms with Crippen LogP contribution in [0, 0.1) is 10.1 Å². The van der Waals surface area contributed by atoms with E-state index in [2.05, 4.69) is 5.32 Å². The standard InChI is InChI=1S/C18H18N4O5/c19-12-8-16-17(27-10-26-16)9-13(12)20-18(23)11-3-4-14(15(7-11)22(24)25)21-5-1-2-6-21/h3-4,7-9H,1-2,5-6,10,19H2,(H,20,23). The van der Waals surface area contributed by atoms with Crippen LogP contribution in [0.5, 0.6) is 11.5 Å². The van der Waals surface area contributed by atoms with Crippen molar-refractivity contribution >= 4 is 28.7 Å². The second-order valence-corrected chi connectivity index (χ2v) is 6.40. The van der Waals surface area contributed by atoms with Crippen molar-refractivity contribution in [2.45, 2.75) is 12.8 Å². The van der Waals surface area contributed by atoms with Crippen LogP contribution in [-0.2, 0) is 0 Å². The minimum absolute atomic E-state index is 0.0804. The van der Waals surface area contributed by atoms with Crippen LogP contribution in [0.25, 0.3) is 0 Å². The fraction of sp³-hybridized carbons (Fsp3) is 0.278. The van der Waals surface area contributed by atoms with Gasteiger partial charge in [-0.2, -0.15) is 0 Å². The normalized spacial score (nSPS) is 15.0. The highest BCUT2D eigenvalue weighted by molar-refractivity contribution is 6.06. The number of carbonyl (C=O) groups excluding carboxylic acids is 1. The predicted molar refractivity (Wildman–Crippen MR) is 99.5 cm³/mol. The Balaban J connectivity index is 1.60. The average Bonchev–Trinajstić information content (AvgIpc) is 3.33. The molecule has 0 bridgehead atoms. The minimum atomic E-state index is -0.489. The third-order valence-electron chi connectivity index (χ3n) is 4.67. The SMILES string of the molecule is Nc1cc2c(cc1NC(=O)c1ccc(N3CCCC3)c([N+](=O)[O-])c1)OCO2. The summed E-state index contributed by atoms with van der Waals surface area (Å²) >= 11 is 0. The number of nitrogens with zero attached hydrogens (tertiary/aromatic N) is 2. The molecule has 2 aromatic carbocycles. The first-order valence-electron chi connectivity index (χ1n) is 8.57. The van der Waals surface area contributed by atoms with Crippen LogP contribution in [0.2, 0.25) is 0 Å². The molecule has 2 aliphatic heterocycles. The molecule has 0 aromatic heterocycles. The zero-order valence-corrected chi connectivity index (χ0v) is 14.4. The Kier molecular flexibility index (Phi) is 4.19. The molecule has 3 N–H and O–H groups in total. The van der Waals surface area contributed by atoms with E-state index in [1.807, 2.05) is 4.90 Å². The fourth-order valence-electron chi connectivity index (χ4n) is 3.30. The van der Waals surface area contributed by atoms with Crippen LogP contribution in [0.15, 0.2) is 30.3 Å². The molecule has 9 nitrogen and oxygen atoms in total. The van der Waals surface area contributed by atoms with Gasteiger partial charge < -0.3 is 25.4 Å². The lowest BCUT2D eigenvalue weighted by atomic mass is 10.1. The van der Waals surface area contributed by atoms with Crippen LogP contribution < -0.4 is 25.4 Å². The summed E-state index contributed by atoms with van der Waals surface area (Å²) in [7, 11) is 0. The summed E-state index contributed by atoms with van der Waals surface area (Å²) in [6.45, 7) is 1.65. The topological polar surface area (TPSA) is 120 Å². The molecule has 1 fully saturated rings. The Bertz CT molecular complexity index is 924. The minimum Gasteiger partial charge on any atom is -0.454 e. The Labute approximate surface area is 154 Å². The molecular formula is C18H18N4O5. The van der Waals surface area contributed by atoms with Gasteiger partial charge in [-0.25, -0.2) is 0 Å². The highest BCUT2D eigenvalue weighted by atomic mass is 16.7. The number of fused-ring (bicyclic) bond motifs is 1. The lowest BCUT2D eigenvalue weighted by Crippen LogP contribution is -2.20. The maximum Gasteiger partial charge on any atom is 0.293 e. The van der Waals surface area contributed by atoms with Gasteiger partial charge in [0.1, 0.15) is 5.69 Å². The monoisotopic (exact) mass is 370 g/mol. The number of nitrogens with one attached hydrogen (secondary N) is 1. The smallest absolute Gasteiger partial charge is 0.293 e. The first-order chi connectivity index (χ1) is 13.0. The van der Waals surface area contributed by atoms with Crippen molar-refractivity contribution in [2.24, 2.45) is 0 Å². The molecule has 140 valence electrons. The Hall–Kier alpha value is -3.49. The number of amides is 1. The zero-order valence-electron chi connectivity index (χ0n) is 14.4. The van der Waals surface area contributed by atoms with Gasteiger partial charge in [-0.3, -0.25) is 14.9 Å². The molecule has 2 aliphatic rings. The molecule has 0 atom stereocenters. The summed E-state index contributed by atoms with van der Waals surface area (Å²) in [4.78, 5) is 25.6. The zero-order chi connectivity index (χ0) is 19.0. The maximum atomic E-state index is 12.6. The van der Waals surface area contributed by atoms with Gasteiger partial charge >= 0.3 is 0 Å². The summed E-state index contributed by atoms with van der Waals surface area (Å²) < 4.78 is 10.5. The van der Waals surface area contributed by atoms with Crippen LogP contribution in [-0.4, -0.2) is 30.7 Å². The summed E-state index contributed by atoms with van der Waals surface area (Å²) in [6.07, 6.45) is 2.01. The molecule has 2 heterocycles. The van der Waals surface area contributed by atoms with Gasteiger partial charge in [0.05, 0.1) is 16.3 Å². The highest BCUT2D eigenvalue weighted by Crippen LogP contribution is 2.38. The molecule has 0 unspecified atom stereocenters. The van der Waals surface area contributed by atoms with Gasteiger partial charge in [0.25, 0.3) is 11.6 Å². The molecular weight excluding hydrogens is 352 g/mol. The van der Waals surface area contributed by atoms with Crippen molar-refractivity contribution in [1.29, 1.82) is 0 Å². The lowest BCUT2D eigenvalue weighted by Gasteiger charge is -2.18. The number of carbonyl (C=O) groups is 1. The molecule has 0 aliphatic carbocycles. The van der Waals surface area contributed by atoms with Crippen LogP contribution in [0.4, 0.5) is 22.7 Å². The van der Waals surface area contributed by atoms with Gasteiger partial charge in [0.2, 0.25) is 6.79 Å². The van der Waals surface area contributed by atoms with Crippen molar-refractivity contribution in [2.75, 3.05) is 35.8 Å². The largest absolute Gasteiger partial charge is 0.454 e. The quantitative estimate of drug-likeness (QED) is 0.482. The lowest BCUT2D eigenvalue weighted by molar-refractivity contribution is -0.384. The number of ether oxygens (including phenoxy) is 2. The average molecular weight is 370 g/mol. The fourth-order valence-corrected chi connectivity index (χ4v) is 3.30. The van der Waals surface area contributed by atoms with Crippen molar-refractivity contribution in [3.05, 3.63) is 46.0 Å². The van der Waals surface area contributed by atoms with Crippen molar-refractivity contribution in [3.8, 4) is 11.5 Å². The van der Waals surface area contributed by atoms with Crippen LogP contribution in [0.3, 0.4) is 0 Å². The number of nitro benzene ring substituents is 1. The van der Waals surface area contributed by atoms with E-state index in [1.165, 1.54) is 6.07 Å². The Morgan fingerprint density at radius 2 is 1.85 bits per heavy atom. The van der Waals surface area contributed by atoms with E-state index >= 15 is 0 Å². The Morgan fingerprint density at radius 1 is 1.15 bits per heavy atom. The first-order valence-corrected chi connectivity index (χ1v) is 8.57. The number of nitrogen functional groups attached to an aromatic ring is 1. The molecule has 1 amide bonds. The number of anilines is 3. The van der Waals surface area contributed by atoms with E-state index in [0.29, 0.717) is 28.6 Å². The second kappa shape index (κ2) is 6.67. The molecule has 27 heavy (non-hydrogen) atoms. The summed E-state index contributed by atoms with van der Waals surface area (Å²) in [5, 5.41) is 14.2. The maximum absolute atomic E-state index is 12.6. The van der Waals surface area contributed by atoms with Crippen LogP contribution in [0.1, 0.15) is 23.2 Å². The van der Waals surface area contributed by atoms with Gasteiger partial charge in [-0.1, -0.05) is 0 Å². The van der Waals surface area contributed by atoms with E-state index in [4.69, 9.17) is 15.2 Å². The van der Waals surface area contributed by atoms with Crippen LogP contribution >= 0.6 is 0 Å². The van der Waals surface area contributed by atoms with Gasteiger partial charge in [0.15, 0.2) is 11.5 Å². The second-order valence-electron chi connectivity index (χ2n) is 6.40. The molecule has 0 spiro atoms. The van der Waals surface area contributed by atoms with Crippen molar-refractivity contribution < 1.29 is 19.2 Å². The van der Waals surface area contributed by atoms with E-state index in [0.717, 1.165) is 25.9 Å². The van der Waals surface area contributed by atoms with Crippen molar-refractivity contribution in [1.82, 2.24) is 0 Å². The highest BCUT2D eigenvalue weighted by Gasteiger charge is 2.24. The summed E-state index contributed by atoms with van der Waals surface area (Å²) in [5.41, 5.74) is 7.25. The summed E-state index contributed by atoms with van der Waals surface area (Å²) in [5.74, 6) is 0.502.